The van der Waals surface area contributed by atoms with Crippen LogP contribution in [0.3, 0.4) is 0 Å². The largest absolute Gasteiger partial charge is 0.308 e. The van der Waals surface area contributed by atoms with Crippen LogP contribution >= 0.6 is 0 Å². The molecule has 0 heterocycles. The highest BCUT2D eigenvalue weighted by Crippen LogP contribution is 2.29. The van der Waals surface area contributed by atoms with E-state index in [1.807, 2.05) is 49.4 Å². The first kappa shape index (κ1) is 16.6. The number of hydrogen-bond acceptors (Lipinski definition) is 3. The van der Waals surface area contributed by atoms with Gasteiger partial charge in [0.25, 0.3) is 11.6 Å². The summed E-state index contributed by atoms with van der Waals surface area (Å²) in [5, 5.41) is 13.1. The Labute approximate surface area is 145 Å². The maximum atomic E-state index is 13.1. The number of carbonyl (C=O) groups excluding carboxylic acids is 1. The number of rotatable bonds is 4. The average Bonchev–Trinajstić information content (AvgIpc) is 2.62. The maximum Gasteiger partial charge on any atom is 0.270 e. The van der Waals surface area contributed by atoms with Crippen molar-refractivity contribution >= 4 is 28.1 Å². The predicted molar refractivity (Wildman–Crippen MR) is 99.1 cm³/mol. The van der Waals surface area contributed by atoms with Crippen molar-refractivity contribution in [2.45, 2.75) is 13.8 Å². The summed E-state index contributed by atoms with van der Waals surface area (Å²) in [6.07, 6.45) is 0. The molecule has 5 heteroatoms. The van der Waals surface area contributed by atoms with Gasteiger partial charge in [-0.1, -0.05) is 42.5 Å². The second-order valence-corrected chi connectivity index (χ2v) is 5.80. The topological polar surface area (TPSA) is 63.5 Å². The quantitative estimate of drug-likeness (QED) is 0.512. The molecule has 3 rings (SSSR count). The Morgan fingerprint density at radius 1 is 1.08 bits per heavy atom. The lowest BCUT2D eigenvalue weighted by atomic mass is 10.0. The number of amides is 1. The van der Waals surface area contributed by atoms with Crippen LogP contribution in [0.5, 0.6) is 0 Å². The number of nitrogens with zero attached hydrogens (tertiary/aromatic N) is 2. The zero-order valence-corrected chi connectivity index (χ0v) is 14.1. The van der Waals surface area contributed by atoms with Gasteiger partial charge in [0.1, 0.15) is 0 Å². The van der Waals surface area contributed by atoms with E-state index in [9.17, 15) is 14.9 Å². The van der Waals surface area contributed by atoms with Crippen molar-refractivity contribution in [2.24, 2.45) is 0 Å². The fourth-order valence-corrected chi connectivity index (χ4v) is 2.97. The van der Waals surface area contributed by atoms with Gasteiger partial charge in [-0.15, -0.1) is 0 Å². The number of anilines is 1. The van der Waals surface area contributed by atoms with E-state index in [-0.39, 0.29) is 11.6 Å². The first-order valence-electron chi connectivity index (χ1n) is 8.07. The smallest absolute Gasteiger partial charge is 0.270 e. The van der Waals surface area contributed by atoms with Crippen LogP contribution in [-0.4, -0.2) is 17.4 Å². The van der Waals surface area contributed by atoms with Crippen LogP contribution < -0.4 is 4.90 Å². The molecule has 0 N–H and O–H groups in total. The summed E-state index contributed by atoms with van der Waals surface area (Å²) in [6, 6.07) is 18.0. The Bertz CT molecular complexity index is 961. The highest BCUT2D eigenvalue weighted by atomic mass is 16.6. The van der Waals surface area contributed by atoms with E-state index in [2.05, 4.69) is 0 Å². The van der Waals surface area contributed by atoms with Crippen LogP contribution in [0.2, 0.25) is 0 Å². The number of carbonyl (C=O) groups is 1. The molecule has 0 unspecified atom stereocenters. The van der Waals surface area contributed by atoms with Crippen molar-refractivity contribution in [3.8, 4) is 0 Å². The van der Waals surface area contributed by atoms with Gasteiger partial charge >= 0.3 is 0 Å². The first-order valence-corrected chi connectivity index (χ1v) is 8.07. The number of non-ortho nitro benzene ring substituents is 1. The second kappa shape index (κ2) is 6.73. The van der Waals surface area contributed by atoms with E-state index in [0.29, 0.717) is 17.7 Å². The number of nitro benzene ring substituents is 1. The number of aryl methyl sites for hydroxylation is 1. The van der Waals surface area contributed by atoms with Crippen LogP contribution in [0, 0.1) is 17.0 Å². The molecule has 25 heavy (non-hydrogen) atoms. The SMILES string of the molecule is CCN(C(=O)c1cc([N+](=O)[O-])ccc1C)c1cccc2ccccc12. The van der Waals surface area contributed by atoms with Crippen molar-refractivity contribution in [3.63, 3.8) is 0 Å². The van der Waals surface area contributed by atoms with Crippen molar-refractivity contribution in [1.29, 1.82) is 0 Å². The highest BCUT2D eigenvalue weighted by Gasteiger charge is 2.21. The van der Waals surface area contributed by atoms with E-state index >= 15 is 0 Å². The Morgan fingerprint density at radius 3 is 2.52 bits per heavy atom. The molecule has 3 aromatic carbocycles. The van der Waals surface area contributed by atoms with Gasteiger partial charge in [-0.05, 0) is 30.9 Å². The monoisotopic (exact) mass is 334 g/mol. The summed E-state index contributed by atoms with van der Waals surface area (Å²) in [5.74, 6) is -0.236. The standard InChI is InChI=1S/C20H18N2O3/c1-3-21(19-10-6-8-15-7-4-5-9-17(15)19)20(23)18-13-16(22(24)25)12-11-14(18)2/h4-13H,3H2,1-2H3. The molecule has 0 atom stereocenters. The third-order valence-corrected chi connectivity index (χ3v) is 4.28. The number of fused-ring (bicyclic) bond motifs is 1. The summed E-state index contributed by atoms with van der Waals surface area (Å²) < 4.78 is 0. The fraction of sp³-hybridized carbons (Fsp3) is 0.150. The fourth-order valence-electron chi connectivity index (χ4n) is 2.97. The number of nitro groups is 1. The lowest BCUT2D eigenvalue weighted by molar-refractivity contribution is -0.384. The Balaban J connectivity index is 2.11. The molecule has 0 aliphatic rings. The molecular weight excluding hydrogens is 316 g/mol. The molecule has 0 aliphatic carbocycles. The van der Waals surface area contributed by atoms with E-state index in [0.717, 1.165) is 16.5 Å². The normalized spacial score (nSPS) is 10.6. The zero-order valence-electron chi connectivity index (χ0n) is 14.1. The summed E-state index contributed by atoms with van der Waals surface area (Å²) in [4.78, 5) is 25.4. The van der Waals surface area contributed by atoms with Crippen LogP contribution in [0.15, 0.2) is 60.7 Å². The third kappa shape index (κ3) is 3.08. The summed E-state index contributed by atoms with van der Waals surface area (Å²) in [6.45, 7) is 4.15. The van der Waals surface area contributed by atoms with Gasteiger partial charge in [-0.3, -0.25) is 14.9 Å². The minimum Gasteiger partial charge on any atom is -0.308 e. The van der Waals surface area contributed by atoms with E-state index in [1.165, 1.54) is 12.1 Å². The minimum absolute atomic E-state index is 0.0806. The predicted octanol–water partition coefficient (Wildman–Crippen LogP) is 4.72. The molecule has 0 saturated heterocycles. The second-order valence-electron chi connectivity index (χ2n) is 5.80. The number of benzene rings is 3. The lowest BCUT2D eigenvalue weighted by Gasteiger charge is -2.23. The van der Waals surface area contributed by atoms with E-state index in [4.69, 9.17) is 0 Å². The van der Waals surface area contributed by atoms with Crippen molar-refractivity contribution in [3.05, 3.63) is 81.9 Å². The molecule has 0 fully saturated rings. The molecule has 0 bridgehead atoms. The first-order chi connectivity index (χ1) is 12.0. The Morgan fingerprint density at radius 2 is 1.80 bits per heavy atom. The summed E-state index contributed by atoms with van der Waals surface area (Å²) in [7, 11) is 0. The van der Waals surface area contributed by atoms with Gasteiger partial charge in [0.2, 0.25) is 0 Å². The molecular formula is C20H18N2O3. The molecule has 0 saturated carbocycles. The summed E-state index contributed by atoms with van der Waals surface area (Å²) >= 11 is 0. The molecule has 1 amide bonds. The van der Waals surface area contributed by atoms with Gasteiger partial charge < -0.3 is 4.90 Å². The number of hydrogen-bond donors (Lipinski definition) is 0. The lowest BCUT2D eigenvalue weighted by Crippen LogP contribution is -2.31. The van der Waals surface area contributed by atoms with Crippen LogP contribution in [0.4, 0.5) is 11.4 Å². The van der Waals surface area contributed by atoms with Crippen molar-refractivity contribution in [1.82, 2.24) is 0 Å². The van der Waals surface area contributed by atoms with E-state index in [1.54, 1.807) is 17.9 Å². The van der Waals surface area contributed by atoms with Crippen LogP contribution in [0.25, 0.3) is 10.8 Å². The minimum atomic E-state index is -0.482. The van der Waals surface area contributed by atoms with Gasteiger partial charge in [-0.2, -0.15) is 0 Å². The van der Waals surface area contributed by atoms with E-state index < -0.39 is 4.92 Å². The molecule has 0 aliphatic heterocycles. The molecule has 0 radical (unpaired) electrons. The molecule has 0 aromatic heterocycles. The Kier molecular flexibility index (Phi) is 4.48. The van der Waals surface area contributed by atoms with Crippen molar-refractivity contribution < 1.29 is 9.72 Å². The zero-order chi connectivity index (χ0) is 18.0. The molecule has 126 valence electrons. The molecule has 3 aromatic rings. The van der Waals surface area contributed by atoms with Gasteiger partial charge in [0, 0.05) is 29.6 Å². The van der Waals surface area contributed by atoms with Gasteiger partial charge in [0.05, 0.1) is 10.6 Å². The average molecular weight is 334 g/mol. The van der Waals surface area contributed by atoms with Crippen molar-refractivity contribution in [2.75, 3.05) is 11.4 Å². The van der Waals surface area contributed by atoms with Crippen LogP contribution in [-0.2, 0) is 0 Å². The molecule has 5 nitrogen and oxygen atoms in total. The van der Waals surface area contributed by atoms with Gasteiger partial charge in [-0.25, -0.2) is 0 Å². The molecule has 0 spiro atoms. The maximum absolute atomic E-state index is 13.1. The highest BCUT2D eigenvalue weighted by molar-refractivity contribution is 6.11. The van der Waals surface area contributed by atoms with Crippen LogP contribution in [0.1, 0.15) is 22.8 Å². The third-order valence-electron chi connectivity index (χ3n) is 4.28. The Hall–Kier alpha value is -3.21. The van der Waals surface area contributed by atoms with Gasteiger partial charge in [0.15, 0.2) is 0 Å². The summed E-state index contributed by atoms with van der Waals surface area (Å²) in [5.41, 5.74) is 1.79.